The van der Waals surface area contributed by atoms with E-state index in [1.165, 1.54) is 17.8 Å². The van der Waals surface area contributed by atoms with E-state index in [0.717, 1.165) is 0 Å². The van der Waals surface area contributed by atoms with E-state index in [9.17, 15) is 4.39 Å². The molecule has 0 N–H and O–H groups in total. The summed E-state index contributed by atoms with van der Waals surface area (Å²) in [5.41, 5.74) is 1.81. The molecule has 154 valence electrons. The fraction of sp³-hybridized carbons (Fsp3) is 0.200. The maximum Gasteiger partial charge on any atom is 0.277 e. The van der Waals surface area contributed by atoms with Gasteiger partial charge in [-0.1, -0.05) is 29.1 Å². The number of ether oxygens (including phenoxy) is 2. The molecule has 0 aliphatic rings. The van der Waals surface area contributed by atoms with Gasteiger partial charge in [-0.25, -0.2) is 4.39 Å². The summed E-state index contributed by atoms with van der Waals surface area (Å²) in [6.45, 7) is 1.69. The van der Waals surface area contributed by atoms with Crippen LogP contribution in [-0.2, 0) is 5.75 Å². The van der Waals surface area contributed by atoms with Crippen molar-refractivity contribution in [2.24, 2.45) is 0 Å². The topological polar surface area (TPSA) is 96.3 Å². The van der Waals surface area contributed by atoms with Gasteiger partial charge in [0.1, 0.15) is 5.82 Å². The second kappa shape index (κ2) is 8.54. The van der Waals surface area contributed by atoms with Gasteiger partial charge in [-0.3, -0.25) is 0 Å². The summed E-state index contributed by atoms with van der Waals surface area (Å²) in [6.07, 6.45) is 0. The normalized spacial score (nSPS) is 10.9. The largest absolute Gasteiger partial charge is 0.493 e. The van der Waals surface area contributed by atoms with Crippen LogP contribution < -0.4 is 9.47 Å². The molecule has 8 nitrogen and oxygen atoms in total. The average Bonchev–Trinajstić information content (AvgIpc) is 3.43. The summed E-state index contributed by atoms with van der Waals surface area (Å²) in [7, 11) is 3.12. The zero-order chi connectivity index (χ0) is 21.1. The molecule has 0 saturated heterocycles. The third-order valence-electron chi connectivity index (χ3n) is 4.25. The minimum Gasteiger partial charge on any atom is -0.493 e. The Balaban J connectivity index is 1.44. The van der Waals surface area contributed by atoms with Crippen LogP contribution in [0, 0.1) is 12.7 Å². The van der Waals surface area contributed by atoms with Gasteiger partial charge >= 0.3 is 0 Å². The first-order valence-corrected chi connectivity index (χ1v) is 9.83. The first-order valence-electron chi connectivity index (χ1n) is 8.85. The van der Waals surface area contributed by atoms with Gasteiger partial charge in [-0.15, -0.1) is 10.2 Å². The molecule has 0 spiro atoms. The van der Waals surface area contributed by atoms with Crippen LogP contribution >= 0.6 is 11.8 Å². The highest BCUT2D eigenvalue weighted by Gasteiger charge is 2.15. The molecule has 0 aliphatic heterocycles. The summed E-state index contributed by atoms with van der Waals surface area (Å²) in [4.78, 5) is 4.29. The van der Waals surface area contributed by atoms with Crippen LogP contribution in [0.2, 0.25) is 0 Å². The summed E-state index contributed by atoms with van der Waals surface area (Å²) in [5.74, 6) is 2.21. The fourth-order valence-corrected chi connectivity index (χ4v) is 3.24. The number of aryl methyl sites for hydroxylation is 1. The van der Waals surface area contributed by atoms with Crippen molar-refractivity contribution >= 4 is 11.8 Å². The highest BCUT2D eigenvalue weighted by Crippen LogP contribution is 2.33. The Labute approximate surface area is 175 Å². The Bertz CT molecular complexity index is 1180. The molecule has 0 amide bonds. The second-order valence-electron chi connectivity index (χ2n) is 6.21. The zero-order valence-corrected chi connectivity index (χ0v) is 17.2. The molecule has 0 unspecified atom stereocenters. The summed E-state index contributed by atoms with van der Waals surface area (Å²) < 4.78 is 35.2. The van der Waals surface area contributed by atoms with E-state index >= 15 is 0 Å². The fourth-order valence-electron chi connectivity index (χ4n) is 2.64. The third kappa shape index (κ3) is 4.13. The van der Waals surface area contributed by atoms with Crippen LogP contribution in [0.15, 0.2) is 50.6 Å². The van der Waals surface area contributed by atoms with Crippen molar-refractivity contribution in [2.75, 3.05) is 14.2 Å². The predicted molar refractivity (Wildman–Crippen MR) is 107 cm³/mol. The van der Waals surface area contributed by atoms with Crippen molar-refractivity contribution < 1.29 is 22.8 Å². The molecule has 0 atom stereocenters. The van der Waals surface area contributed by atoms with Crippen molar-refractivity contribution in [3.05, 3.63) is 53.7 Å². The smallest absolute Gasteiger partial charge is 0.277 e. The molecule has 2 heterocycles. The minimum atomic E-state index is -0.318. The summed E-state index contributed by atoms with van der Waals surface area (Å²) in [6, 6.07) is 10.1. The highest BCUT2D eigenvalue weighted by atomic mass is 32.2. The molecular weight excluding hydrogens is 411 g/mol. The predicted octanol–water partition coefficient (Wildman–Crippen LogP) is 4.54. The molecule has 0 aliphatic carbocycles. The van der Waals surface area contributed by atoms with Gasteiger partial charge in [-0.2, -0.15) is 4.98 Å². The molecule has 30 heavy (non-hydrogen) atoms. The lowest BCUT2D eigenvalue weighted by atomic mass is 10.1. The highest BCUT2D eigenvalue weighted by molar-refractivity contribution is 7.98. The lowest BCUT2D eigenvalue weighted by molar-refractivity contribution is 0.355. The maximum absolute atomic E-state index is 13.7. The molecule has 0 radical (unpaired) electrons. The number of benzene rings is 2. The molecule has 0 bridgehead atoms. The third-order valence-corrected chi connectivity index (χ3v) is 5.06. The lowest BCUT2D eigenvalue weighted by Crippen LogP contribution is -1.90. The summed E-state index contributed by atoms with van der Waals surface area (Å²) in [5, 5.41) is 12.3. The number of hydrogen-bond acceptors (Lipinski definition) is 9. The SMILES string of the molecule is COc1ccc(-c2nnc(SCc3nc(-c4ccc(C)c(F)c4)no3)o2)cc1OC. The van der Waals surface area contributed by atoms with Gasteiger partial charge in [0.25, 0.3) is 5.22 Å². The van der Waals surface area contributed by atoms with Gasteiger partial charge in [0.15, 0.2) is 11.5 Å². The number of halogens is 1. The first-order chi connectivity index (χ1) is 14.6. The Morgan fingerprint density at radius 2 is 1.80 bits per heavy atom. The van der Waals surface area contributed by atoms with Gasteiger partial charge in [-0.05, 0) is 36.8 Å². The standard InChI is InChI=1S/C20H17FN4O4S/c1-11-4-5-12(8-14(11)21)18-22-17(29-25-18)10-30-20-24-23-19(28-20)13-6-7-15(26-2)16(9-13)27-3/h4-9H,10H2,1-3H3. The molecule has 2 aromatic heterocycles. The van der Waals surface area contributed by atoms with Crippen molar-refractivity contribution in [1.82, 2.24) is 20.3 Å². The summed E-state index contributed by atoms with van der Waals surface area (Å²) >= 11 is 1.25. The number of rotatable bonds is 7. The molecule has 2 aromatic carbocycles. The van der Waals surface area contributed by atoms with E-state index in [2.05, 4.69) is 20.3 Å². The van der Waals surface area contributed by atoms with Crippen LogP contribution in [0.3, 0.4) is 0 Å². The van der Waals surface area contributed by atoms with E-state index in [-0.39, 0.29) is 5.82 Å². The van der Waals surface area contributed by atoms with Crippen LogP contribution in [0.5, 0.6) is 11.5 Å². The number of hydrogen-bond donors (Lipinski definition) is 0. The number of methoxy groups -OCH3 is 2. The van der Waals surface area contributed by atoms with Crippen LogP contribution in [0.25, 0.3) is 22.8 Å². The maximum atomic E-state index is 13.7. The number of aromatic nitrogens is 4. The van der Waals surface area contributed by atoms with Crippen molar-refractivity contribution in [2.45, 2.75) is 17.9 Å². The lowest BCUT2D eigenvalue weighted by Gasteiger charge is -2.07. The first kappa shape index (κ1) is 19.9. The van der Waals surface area contributed by atoms with Gasteiger partial charge in [0, 0.05) is 11.1 Å². The average molecular weight is 428 g/mol. The van der Waals surface area contributed by atoms with Crippen molar-refractivity contribution in [3.63, 3.8) is 0 Å². The van der Waals surface area contributed by atoms with E-state index in [1.54, 1.807) is 51.5 Å². The van der Waals surface area contributed by atoms with Crippen molar-refractivity contribution in [3.8, 4) is 34.3 Å². The van der Waals surface area contributed by atoms with Crippen LogP contribution in [0.4, 0.5) is 4.39 Å². The van der Waals surface area contributed by atoms with Gasteiger partial charge in [0.2, 0.25) is 17.6 Å². The van der Waals surface area contributed by atoms with E-state index in [0.29, 0.717) is 56.8 Å². The zero-order valence-electron chi connectivity index (χ0n) is 16.4. The molecule has 0 fully saturated rings. The van der Waals surface area contributed by atoms with Gasteiger partial charge in [0.05, 0.1) is 20.0 Å². The number of nitrogens with zero attached hydrogens (tertiary/aromatic N) is 4. The van der Waals surface area contributed by atoms with Crippen molar-refractivity contribution in [1.29, 1.82) is 0 Å². The molecule has 4 aromatic rings. The van der Waals surface area contributed by atoms with Gasteiger partial charge < -0.3 is 18.4 Å². The minimum absolute atomic E-state index is 0.318. The van der Waals surface area contributed by atoms with E-state index in [4.69, 9.17) is 18.4 Å². The molecule has 4 rings (SSSR count). The van der Waals surface area contributed by atoms with E-state index in [1.807, 2.05) is 0 Å². The Kier molecular flexibility index (Phi) is 5.66. The van der Waals surface area contributed by atoms with Crippen LogP contribution in [0.1, 0.15) is 11.5 Å². The van der Waals surface area contributed by atoms with E-state index < -0.39 is 0 Å². The molecular formula is C20H17FN4O4S. The Morgan fingerprint density at radius 1 is 1.00 bits per heavy atom. The quantitative estimate of drug-likeness (QED) is 0.393. The second-order valence-corrected chi connectivity index (χ2v) is 7.13. The Hall–Kier alpha value is -3.40. The molecule has 10 heteroatoms. The molecule has 0 saturated carbocycles. The number of thioether (sulfide) groups is 1. The monoisotopic (exact) mass is 428 g/mol. The van der Waals surface area contributed by atoms with Crippen LogP contribution in [-0.4, -0.2) is 34.6 Å². The Morgan fingerprint density at radius 3 is 2.57 bits per heavy atom.